The lowest BCUT2D eigenvalue weighted by atomic mass is 10.2. The van der Waals surface area contributed by atoms with Crippen molar-refractivity contribution in [1.29, 1.82) is 0 Å². The van der Waals surface area contributed by atoms with E-state index in [2.05, 4.69) is 4.74 Å². The topological polar surface area (TPSA) is 54.0 Å². The molecule has 0 N–H and O–H groups in total. The van der Waals surface area contributed by atoms with Crippen LogP contribution in [0.4, 0.5) is 13.2 Å². The summed E-state index contributed by atoms with van der Waals surface area (Å²) in [5, 5.41) is 0.244. The Morgan fingerprint density at radius 1 is 0.960 bits per heavy atom. The molecule has 0 heterocycles. The summed E-state index contributed by atoms with van der Waals surface area (Å²) in [4.78, 5) is 11.3. The maximum atomic E-state index is 12.3. The van der Waals surface area contributed by atoms with E-state index in [9.17, 15) is 18.0 Å². The van der Waals surface area contributed by atoms with E-state index in [1.54, 1.807) is 0 Å². The molecule has 5 nitrogen and oxygen atoms in total. The van der Waals surface area contributed by atoms with Gasteiger partial charge in [0, 0.05) is 17.2 Å². The molecule has 0 amide bonds. The summed E-state index contributed by atoms with van der Waals surface area (Å²) in [6.07, 6.45) is -4.32. The van der Waals surface area contributed by atoms with Crippen LogP contribution in [-0.2, 0) is 0 Å². The molecule has 0 saturated heterocycles. The van der Waals surface area contributed by atoms with Crippen LogP contribution in [0.15, 0.2) is 30.3 Å². The van der Waals surface area contributed by atoms with Gasteiger partial charge < -0.3 is 18.9 Å². The van der Waals surface area contributed by atoms with Crippen LogP contribution in [0.2, 0.25) is 5.02 Å². The van der Waals surface area contributed by atoms with E-state index < -0.39 is 12.1 Å². The van der Waals surface area contributed by atoms with Crippen LogP contribution in [0.1, 0.15) is 10.4 Å². The third kappa shape index (κ3) is 4.69. The van der Waals surface area contributed by atoms with Crippen molar-refractivity contribution in [3.63, 3.8) is 0 Å². The number of alkyl halides is 3. The highest BCUT2D eigenvalue weighted by molar-refractivity contribution is 6.31. The molecule has 9 heteroatoms. The zero-order valence-electron chi connectivity index (χ0n) is 13.0. The number of rotatable bonds is 6. The average Bonchev–Trinajstić information content (AvgIpc) is 2.54. The van der Waals surface area contributed by atoms with Crippen molar-refractivity contribution in [2.75, 3.05) is 14.2 Å². The van der Waals surface area contributed by atoms with E-state index in [1.807, 2.05) is 0 Å². The van der Waals surface area contributed by atoms with Gasteiger partial charge in [0.15, 0.2) is 17.8 Å². The standard InChI is InChI=1S/C16H12ClF3O5/c1-22-13-5-9(17)6-14(11(13)8-21)24-12-4-3-10(7-15(12)23-2)25-16(18,19)20/h3-8H,1-2H3. The molecule has 0 bridgehead atoms. The van der Waals surface area contributed by atoms with Gasteiger partial charge in [-0.3, -0.25) is 4.79 Å². The monoisotopic (exact) mass is 376 g/mol. The van der Waals surface area contributed by atoms with E-state index >= 15 is 0 Å². The highest BCUT2D eigenvalue weighted by Gasteiger charge is 2.31. The van der Waals surface area contributed by atoms with Crippen LogP contribution in [-0.4, -0.2) is 26.9 Å². The average molecular weight is 377 g/mol. The quantitative estimate of drug-likeness (QED) is 0.674. The van der Waals surface area contributed by atoms with Gasteiger partial charge in [0.1, 0.15) is 17.2 Å². The first-order chi connectivity index (χ1) is 11.8. The number of benzene rings is 2. The molecule has 2 rings (SSSR count). The lowest BCUT2D eigenvalue weighted by molar-refractivity contribution is -0.274. The van der Waals surface area contributed by atoms with Crippen LogP contribution in [0, 0.1) is 0 Å². The summed E-state index contributed by atoms with van der Waals surface area (Å²) in [5.74, 6) is -0.200. The fourth-order valence-electron chi connectivity index (χ4n) is 1.99. The smallest absolute Gasteiger partial charge is 0.496 e. The maximum absolute atomic E-state index is 12.3. The van der Waals surface area contributed by atoms with Gasteiger partial charge in [-0.05, 0) is 18.2 Å². The van der Waals surface area contributed by atoms with E-state index in [-0.39, 0.29) is 33.6 Å². The first-order valence-electron chi connectivity index (χ1n) is 6.71. The van der Waals surface area contributed by atoms with Crippen molar-refractivity contribution in [3.05, 3.63) is 40.9 Å². The summed E-state index contributed by atoms with van der Waals surface area (Å²) >= 11 is 5.94. The zero-order chi connectivity index (χ0) is 18.6. The Balaban J connectivity index is 2.40. The van der Waals surface area contributed by atoms with E-state index in [4.69, 9.17) is 25.8 Å². The molecule has 0 unspecified atom stereocenters. The normalized spacial score (nSPS) is 11.0. The minimum Gasteiger partial charge on any atom is -0.496 e. The number of ether oxygens (including phenoxy) is 4. The van der Waals surface area contributed by atoms with Crippen LogP contribution in [0.3, 0.4) is 0 Å². The van der Waals surface area contributed by atoms with Gasteiger partial charge in [-0.25, -0.2) is 0 Å². The second-order valence-electron chi connectivity index (χ2n) is 4.60. The summed E-state index contributed by atoms with van der Waals surface area (Å²) in [6.45, 7) is 0. The number of aldehydes is 1. The Hall–Kier alpha value is -2.61. The number of carbonyl (C=O) groups excluding carboxylic acids is 1. The van der Waals surface area contributed by atoms with Crippen LogP contribution >= 0.6 is 11.6 Å². The molecule has 0 radical (unpaired) electrons. The second kappa shape index (κ2) is 7.52. The molecule has 0 saturated carbocycles. The van der Waals surface area contributed by atoms with Gasteiger partial charge in [-0.1, -0.05) is 11.6 Å². The molecule has 0 aliphatic rings. The van der Waals surface area contributed by atoms with Crippen molar-refractivity contribution in [3.8, 4) is 28.7 Å². The predicted octanol–water partition coefficient (Wildman–Crippen LogP) is 4.86. The summed E-state index contributed by atoms with van der Waals surface area (Å²) in [6, 6.07) is 6.06. The van der Waals surface area contributed by atoms with Gasteiger partial charge in [-0.15, -0.1) is 13.2 Å². The molecule has 0 aromatic heterocycles. The molecule has 0 aliphatic carbocycles. The third-order valence-electron chi connectivity index (χ3n) is 3.00. The minimum absolute atomic E-state index is 0.0301. The zero-order valence-corrected chi connectivity index (χ0v) is 13.8. The number of carbonyl (C=O) groups is 1. The fraction of sp³-hybridized carbons (Fsp3) is 0.188. The minimum atomic E-state index is -4.83. The summed E-state index contributed by atoms with van der Waals surface area (Å²) < 4.78 is 56.3. The molecule has 0 spiro atoms. The lowest BCUT2D eigenvalue weighted by Crippen LogP contribution is -2.17. The van der Waals surface area contributed by atoms with Crippen molar-refractivity contribution in [2.24, 2.45) is 0 Å². The summed E-state index contributed by atoms with van der Waals surface area (Å²) in [5.41, 5.74) is 0.0876. The molecule has 134 valence electrons. The summed E-state index contributed by atoms with van der Waals surface area (Å²) in [7, 11) is 2.60. The Labute approximate surface area is 145 Å². The predicted molar refractivity (Wildman–Crippen MR) is 83.1 cm³/mol. The number of methoxy groups -OCH3 is 2. The second-order valence-corrected chi connectivity index (χ2v) is 5.04. The van der Waals surface area contributed by atoms with Crippen molar-refractivity contribution < 1.29 is 36.9 Å². The van der Waals surface area contributed by atoms with Crippen LogP contribution in [0.5, 0.6) is 28.7 Å². The first kappa shape index (κ1) is 18.7. The van der Waals surface area contributed by atoms with Gasteiger partial charge in [0.25, 0.3) is 0 Å². The fourth-order valence-corrected chi connectivity index (χ4v) is 2.18. The molecule has 25 heavy (non-hydrogen) atoms. The van der Waals surface area contributed by atoms with Crippen LogP contribution < -0.4 is 18.9 Å². The molecule has 0 atom stereocenters. The van der Waals surface area contributed by atoms with Gasteiger partial charge in [-0.2, -0.15) is 0 Å². The Morgan fingerprint density at radius 2 is 1.60 bits per heavy atom. The molecule has 2 aromatic carbocycles. The number of halogens is 4. The van der Waals surface area contributed by atoms with Crippen molar-refractivity contribution >= 4 is 17.9 Å². The van der Waals surface area contributed by atoms with Crippen molar-refractivity contribution in [2.45, 2.75) is 6.36 Å². The number of hydrogen-bond donors (Lipinski definition) is 0. The highest BCUT2D eigenvalue weighted by Crippen LogP contribution is 2.39. The largest absolute Gasteiger partial charge is 0.573 e. The Morgan fingerprint density at radius 3 is 2.16 bits per heavy atom. The van der Waals surface area contributed by atoms with Gasteiger partial charge in [0.2, 0.25) is 0 Å². The first-order valence-corrected chi connectivity index (χ1v) is 7.09. The Kier molecular flexibility index (Phi) is 5.63. The van der Waals surface area contributed by atoms with E-state index in [0.717, 1.165) is 12.1 Å². The van der Waals surface area contributed by atoms with Crippen LogP contribution in [0.25, 0.3) is 0 Å². The van der Waals surface area contributed by atoms with Crippen molar-refractivity contribution in [1.82, 2.24) is 0 Å². The molecular formula is C16H12ClF3O5. The SMILES string of the molecule is COc1cc(OC(F)(F)F)ccc1Oc1cc(Cl)cc(OC)c1C=O. The van der Waals surface area contributed by atoms with Gasteiger partial charge >= 0.3 is 6.36 Å². The van der Waals surface area contributed by atoms with E-state index in [0.29, 0.717) is 6.29 Å². The molecule has 0 fully saturated rings. The molecule has 0 aliphatic heterocycles. The molecular weight excluding hydrogens is 365 g/mol. The third-order valence-corrected chi connectivity index (χ3v) is 3.21. The van der Waals surface area contributed by atoms with E-state index in [1.165, 1.54) is 32.4 Å². The number of hydrogen-bond acceptors (Lipinski definition) is 5. The lowest BCUT2D eigenvalue weighted by Gasteiger charge is -2.15. The van der Waals surface area contributed by atoms with Gasteiger partial charge in [0.05, 0.1) is 19.8 Å². The molecule has 2 aromatic rings. The Bertz CT molecular complexity index is 777. The maximum Gasteiger partial charge on any atom is 0.573 e. The highest BCUT2D eigenvalue weighted by atomic mass is 35.5.